The highest BCUT2D eigenvalue weighted by atomic mass is 32.1. The second-order valence-electron chi connectivity index (χ2n) is 4.24. The van der Waals surface area contributed by atoms with Gasteiger partial charge in [0.05, 0.1) is 5.56 Å². The van der Waals surface area contributed by atoms with Crippen LogP contribution in [0.4, 0.5) is 5.00 Å². The van der Waals surface area contributed by atoms with Gasteiger partial charge in [-0.2, -0.15) is 5.26 Å². The maximum Gasteiger partial charge on any atom is 0.169 e. The molecule has 5 nitrogen and oxygen atoms in total. The Morgan fingerprint density at radius 1 is 1.50 bits per heavy atom. The van der Waals surface area contributed by atoms with Gasteiger partial charge in [-0.25, -0.2) is 0 Å². The highest BCUT2D eigenvalue weighted by Gasteiger charge is 2.24. The number of rotatable bonds is 4. The molecule has 0 aromatic carbocycles. The van der Waals surface area contributed by atoms with E-state index in [1.807, 2.05) is 0 Å². The Balaban J connectivity index is 2.09. The standard InChI is InChI=1S/C12H17N3O2S/c1-16-11(17-2)7-15-4-3-8-9(5-13)12(14)18-10(8)6-15/h11H,3-4,6-7,14H2,1-2H3. The minimum atomic E-state index is -0.209. The Morgan fingerprint density at radius 2 is 2.22 bits per heavy atom. The van der Waals surface area contributed by atoms with Crippen LogP contribution in [0.25, 0.3) is 0 Å². The smallest absolute Gasteiger partial charge is 0.169 e. The van der Waals surface area contributed by atoms with Crippen LogP contribution in [-0.2, 0) is 22.4 Å². The van der Waals surface area contributed by atoms with Gasteiger partial charge in [-0.3, -0.25) is 4.90 Å². The Hall–Kier alpha value is -1.13. The number of hydrogen-bond donors (Lipinski definition) is 1. The summed E-state index contributed by atoms with van der Waals surface area (Å²) in [7, 11) is 3.28. The molecule has 0 amide bonds. The van der Waals surface area contributed by atoms with Crippen molar-refractivity contribution in [3.63, 3.8) is 0 Å². The van der Waals surface area contributed by atoms with Gasteiger partial charge in [-0.15, -0.1) is 11.3 Å². The van der Waals surface area contributed by atoms with Crippen LogP contribution in [0.1, 0.15) is 16.0 Å². The molecule has 0 saturated carbocycles. The van der Waals surface area contributed by atoms with Crippen molar-refractivity contribution in [1.82, 2.24) is 4.90 Å². The van der Waals surface area contributed by atoms with E-state index in [2.05, 4.69) is 11.0 Å². The number of thiophene rings is 1. The van der Waals surface area contributed by atoms with E-state index in [0.717, 1.165) is 31.6 Å². The zero-order valence-electron chi connectivity index (χ0n) is 10.6. The van der Waals surface area contributed by atoms with E-state index in [1.165, 1.54) is 16.2 Å². The first-order valence-corrected chi connectivity index (χ1v) is 6.59. The molecule has 0 unspecified atom stereocenters. The van der Waals surface area contributed by atoms with Gasteiger partial charge in [0.1, 0.15) is 11.1 Å². The van der Waals surface area contributed by atoms with Gasteiger partial charge in [-0.1, -0.05) is 0 Å². The monoisotopic (exact) mass is 267 g/mol. The number of ether oxygens (including phenoxy) is 2. The first-order valence-electron chi connectivity index (χ1n) is 5.77. The molecular formula is C12H17N3O2S. The molecule has 0 saturated heterocycles. The molecule has 0 spiro atoms. The highest BCUT2D eigenvalue weighted by molar-refractivity contribution is 7.16. The van der Waals surface area contributed by atoms with E-state index < -0.39 is 0 Å². The molecule has 1 aliphatic rings. The minimum Gasteiger partial charge on any atom is -0.389 e. The zero-order chi connectivity index (χ0) is 13.1. The molecule has 2 heterocycles. The summed E-state index contributed by atoms with van der Waals surface area (Å²) in [6.45, 7) is 2.45. The van der Waals surface area contributed by atoms with Crippen molar-refractivity contribution in [2.24, 2.45) is 0 Å². The van der Waals surface area contributed by atoms with Crippen LogP contribution in [0, 0.1) is 11.3 Å². The number of nitriles is 1. The first kappa shape index (κ1) is 13.3. The van der Waals surface area contributed by atoms with Gasteiger partial charge in [0.15, 0.2) is 6.29 Å². The van der Waals surface area contributed by atoms with Crippen molar-refractivity contribution in [1.29, 1.82) is 5.26 Å². The average Bonchev–Trinajstić information content (AvgIpc) is 2.70. The van der Waals surface area contributed by atoms with Gasteiger partial charge in [-0.05, 0) is 12.0 Å². The van der Waals surface area contributed by atoms with E-state index >= 15 is 0 Å². The second kappa shape index (κ2) is 5.67. The summed E-state index contributed by atoms with van der Waals surface area (Å²) < 4.78 is 10.4. The fraction of sp³-hybridized carbons (Fsp3) is 0.583. The van der Waals surface area contributed by atoms with E-state index in [-0.39, 0.29) is 6.29 Å². The van der Waals surface area contributed by atoms with Crippen molar-refractivity contribution >= 4 is 16.3 Å². The molecule has 0 atom stereocenters. The van der Waals surface area contributed by atoms with Gasteiger partial charge in [0, 0.05) is 38.7 Å². The molecule has 98 valence electrons. The third-order valence-corrected chi connectivity index (χ3v) is 4.25. The molecule has 0 bridgehead atoms. The van der Waals surface area contributed by atoms with E-state index in [1.54, 1.807) is 14.2 Å². The SMILES string of the molecule is COC(CN1CCc2c(sc(N)c2C#N)C1)OC. The molecule has 6 heteroatoms. The molecule has 1 aromatic heterocycles. The van der Waals surface area contributed by atoms with Crippen LogP contribution < -0.4 is 5.73 Å². The van der Waals surface area contributed by atoms with Gasteiger partial charge >= 0.3 is 0 Å². The van der Waals surface area contributed by atoms with E-state index in [4.69, 9.17) is 20.5 Å². The largest absolute Gasteiger partial charge is 0.389 e. The van der Waals surface area contributed by atoms with Gasteiger partial charge in [0.25, 0.3) is 0 Å². The van der Waals surface area contributed by atoms with E-state index in [0.29, 0.717) is 10.6 Å². The fourth-order valence-electron chi connectivity index (χ4n) is 2.21. The van der Waals surface area contributed by atoms with Crippen molar-refractivity contribution in [3.05, 3.63) is 16.0 Å². The number of nitrogen functional groups attached to an aromatic ring is 1. The minimum absolute atomic E-state index is 0.209. The molecule has 18 heavy (non-hydrogen) atoms. The molecule has 1 aliphatic heterocycles. The maximum absolute atomic E-state index is 9.07. The lowest BCUT2D eigenvalue weighted by Gasteiger charge is -2.29. The number of fused-ring (bicyclic) bond motifs is 1. The third-order valence-electron chi connectivity index (χ3n) is 3.21. The van der Waals surface area contributed by atoms with Gasteiger partial charge in [0.2, 0.25) is 0 Å². The number of nitrogens with two attached hydrogens (primary N) is 1. The molecular weight excluding hydrogens is 250 g/mol. The van der Waals surface area contributed by atoms with Crippen LogP contribution in [0.5, 0.6) is 0 Å². The average molecular weight is 267 g/mol. The number of hydrogen-bond acceptors (Lipinski definition) is 6. The van der Waals surface area contributed by atoms with Crippen molar-refractivity contribution in [3.8, 4) is 6.07 Å². The van der Waals surface area contributed by atoms with Crippen molar-refractivity contribution in [2.45, 2.75) is 19.3 Å². The Labute approximate surface area is 111 Å². The maximum atomic E-state index is 9.07. The third kappa shape index (κ3) is 2.49. The lowest BCUT2D eigenvalue weighted by molar-refractivity contribution is -0.117. The normalized spacial score (nSPS) is 15.7. The number of methoxy groups -OCH3 is 2. The van der Waals surface area contributed by atoms with Crippen molar-refractivity contribution < 1.29 is 9.47 Å². The Bertz CT molecular complexity index is 463. The van der Waals surface area contributed by atoms with Crippen molar-refractivity contribution in [2.75, 3.05) is 33.0 Å². The molecule has 0 radical (unpaired) electrons. The molecule has 1 aromatic rings. The van der Waals surface area contributed by atoms with Crippen LogP contribution in [0.3, 0.4) is 0 Å². The van der Waals surface area contributed by atoms with Crippen LogP contribution in [0.2, 0.25) is 0 Å². The van der Waals surface area contributed by atoms with Gasteiger partial charge < -0.3 is 15.2 Å². The zero-order valence-corrected chi connectivity index (χ0v) is 11.4. The molecule has 0 fully saturated rings. The first-order chi connectivity index (χ1) is 8.69. The summed E-state index contributed by atoms with van der Waals surface area (Å²) in [6, 6.07) is 2.20. The Kier molecular flexibility index (Phi) is 4.19. The summed E-state index contributed by atoms with van der Waals surface area (Å²) in [6.07, 6.45) is 0.658. The molecule has 0 aliphatic carbocycles. The fourth-order valence-corrected chi connectivity index (χ4v) is 3.32. The van der Waals surface area contributed by atoms with Crippen LogP contribution in [0.15, 0.2) is 0 Å². The summed E-state index contributed by atoms with van der Waals surface area (Å²) >= 11 is 1.52. The summed E-state index contributed by atoms with van der Waals surface area (Å²) in [4.78, 5) is 3.46. The lowest BCUT2D eigenvalue weighted by Crippen LogP contribution is -2.37. The molecule has 2 N–H and O–H groups in total. The number of nitrogens with zero attached hydrogens (tertiary/aromatic N) is 2. The second-order valence-corrected chi connectivity index (χ2v) is 5.38. The lowest BCUT2D eigenvalue weighted by atomic mass is 10.0. The summed E-state index contributed by atoms with van der Waals surface area (Å²) in [5, 5.41) is 9.71. The Morgan fingerprint density at radius 3 is 2.83 bits per heavy atom. The predicted molar refractivity (Wildman–Crippen MR) is 70.2 cm³/mol. The molecule has 2 rings (SSSR count). The highest BCUT2D eigenvalue weighted by Crippen LogP contribution is 2.34. The predicted octanol–water partition coefficient (Wildman–Crippen LogP) is 1.18. The van der Waals surface area contributed by atoms with Crippen LogP contribution in [-0.4, -0.2) is 38.5 Å². The summed E-state index contributed by atoms with van der Waals surface area (Å²) in [5.74, 6) is 0. The number of anilines is 1. The summed E-state index contributed by atoms with van der Waals surface area (Å²) in [5.41, 5.74) is 7.66. The van der Waals surface area contributed by atoms with Crippen LogP contribution >= 0.6 is 11.3 Å². The quantitative estimate of drug-likeness (QED) is 0.829. The van der Waals surface area contributed by atoms with E-state index in [9.17, 15) is 0 Å². The topological polar surface area (TPSA) is 71.5 Å².